The fourth-order valence-electron chi connectivity index (χ4n) is 3.11. The Hall–Kier alpha value is -3.31. The molecule has 5 heteroatoms. The zero-order valence-corrected chi connectivity index (χ0v) is 18.2. The van der Waals surface area contributed by atoms with Crippen molar-refractivity contribution in [2.24, 2.45) is 0 Å². The van der Waals surface area contributed by atoms with Crippen LogP contribution in [0, 0.1) is 6.92 Å². The number of ether oxygens (including phenoxy) is 2. The second kappa shape index (κ2) is 11.0. The summed E-state index contributed by atoms with van der Waals surface area (Å²) in [4.78, 5) is 4.88. The first-order valence-corrected chi connectivity index (χ1v) is 9.79. The molecule has 0 bridgehead atoms. The average molecular weight is 407 g/mol. The number of nitrogens with zero attached hydrogens (tertiary/aromatic N) is 1. The molecule has 0 fully saturated rings. The van der Waals surface area contributed by atoms with Crippen molar-refractivity contribution in [1.82, 2.24) is 10.3 Å². The Morgan fingerprint density at radius 2 is 1.73 bits per heavy atom. The summed E-state index contributed by atoms with van der Waals surface area (Å²) in [5.74, 6) is 2.27. The lowest BCUT2D eigenvalue weighted by Crippen LogP contribution is -2.17. The molecule has 5 nitrogen and oxygen atoms in total. The van der Waals surface area contributed by atoms with E-state index in [-0.39, 0.29) is 0 Å². The molecule has 0 amide bonds. The summed E-state index contributed by atoms with van der Waals surface area (Å²) in [6.45, 7) is 12.7. The number of hydrogen-bond acceptors (Lipinski definition) is 5. The molecule has 0 saturated carbocycles. The summed E-state index contributed by atoms with van der Waals surface area (Å²) >= 11 is 0. The van der Waals surface area contributed by atoms with E-state index in [4.69, 9.17) is 19.6 Å². The summed E-state index contributed by atoms with van der Waals surface area (Å²) < 4.78 is 11.1. The predicted octanol–water partition coefficient (Wildman–Crippen LogP) is 5.23. The number of hydrogen-bond donors (Lipinski definition) is 2. The van der Waals surface area contributed by atoms with E-state index >= 15 is 0 Å². The van der Waals surface area contributed by atoms with Gasteiger partial charge in [-0.25, -0.2) is 0 Å². The predicted molar refractivity (Wildman–Crippen MR) is 124 cm³/mol. The standard InChI is InChI=1S/C24H26N2O2.CH4O/c1-6-23-22-14-20(28-19-10-8-7-9-11-19)12-13-21(22)17(3)24(26-23)18(4)25-15-16(2)27-5;1-2/h7-14,25H,2,4,6,15H2,1,3,5H3;2H,1H3. The van der Waals surface area contributed by atoms with E-state index < -0.39 is 0 Å². The van der Waals surface area contributed by atoms with Gasteiger partial charge in [-0.1, -0.05) is 44.3 Å². The van der Waals surface area contributed by atoms with Gasteiger partial charge in [0.15, 0.2) is 0 Å². The maximum Gasteiger partial charge on any atom is 0.128 e. The molecule has 1 heterocycles. The molecular weight excluding hydrogens is 376 g/mol. The molecule has 0 radical (unpaired) electrons. The summed E-state index contributed by atoms with van der Waals surface area (Å²) in [6.07, 6.45) is 0.816. The average Bonchev–Trinajstić information content (AvgIpc) is 2.79. The largest absolute Gasteiger partial charge is 0.500 e. The Morgan fingerprint density at radius 1 is 1.03 bits per heavy atom. The highest BCUT2D eigenvalue weighted by atomic mass is 16.5. The van der Waals surface area contributed by atoms with Crippen LogP contribution in [0.3, 0.4) is 0 Å². The van der Waals surface area contributed by atoms with Gasteiger partial charge in [0.25, 0.3) is 0 Å². The zero-order chi connectivity index (χ0) is 22.1. The number of rotatable bonds is 8. The Labute approximate surface area is 178 Å². The summed E-state index contributed by atoms with van der Waals surface area (Å²) in [5.41, 5.74) is 3.73. The molecule has 30 heavy (non-hydrogen) atoms. The monoisotopic (exact) mass is 406 g/mol. The van der Waals surface area contributed by atoms with Gasteiger partial charge in [-0.2, -0.15) is 0 Å². The highest BCUT2D eigenvalue weighted by molar-refractivity contribution is 5.91. The third-order valence-corrected chi connectivity index (χ3v) is 4.70. The number of para-hydroxylation sites is 1. The number of aliphatic hydroxyl groups is 1. The summed E-state index contributed by atoms with van der Waals surface area (Å²) in [7, 11) is 2.61. The lowest BCUT2D eigenvalue weighted by molar-refractivity contribution is 0.285. The van der Waals surface area contributed by atoms with Crippen LogP contribution in [-0.4, -0.2) is 30.9 Å². The van der Waals surface area contributed by atoms with Gasteiger partial charge >= 0.3 is 0 Å². The first-order chi connectivity index (χ1) is 14.5. The SMILES string of the molecule is C=C(CNC(=C)c1nc(CC)c2cc(Oc3ccccc3)ccc2c1C)OC.CO. The van der Waals surface area contributed by atoms with Crippen molar-refractivity contribution in [2.75, 3.05) is 20.8 Å². The van der Waals surface area contributed by atoms with E-state index in [2.05, 4.69) is 44.5 Å². The zero-order valence-electron chi connectivity index (χ0n) is 18.2. The number of methoxy groups -OCH3 is 1. The van der Waals surface area contributed by atoms with Crippen molar-refractivity contribution in [3.05, 3.63) is 84.4 Å². The van der Waals surface area contributed by atoms with Crippen LogP contribution in [0.4, 0.5) is 0 Å². The minimum atomic E-state index is 0.500. The van der Waals surface area contributed by atoms with E-state index in [1.54, 1.807) is 7.11 Å². The van der Waals surface area contributed by atoms with Crippen LogP contribution < -0.4 is 10.1 Å². The molecule has 0 aliphatic heterocycles. The molecule has 158 valence electrons. The van der Waals surface area contributed by atoms with Gasteiger partial charge in [0.1, 0.15) is 17.3 Å². The highest BCUT2D eigenvalue weighted by Gasteiger charge is 2.14. The third kappa shape index (κ3) is 5.39. The maximum atomic E-state index is 7.00. The summed E-state index contributed by atoms with van der Waals surface area (Å²) in [6, 6.07) is 15.9. The Morgan fingerprint density at radius 3 is 2.37 bits per heavy atom. The Balaban J connectivity index is 0.00000155. The summed E-state index contributed by atoms with van der Waals surface area (Å²) in [5, 5.41) is 12.5. The van der Waals surface area contributed by atoms with E-state index in [9.17, 15) is 0 Å². The molecule has 0 saturated heterocycles. The van der Waals surface area contributed by atoms with Gasteiger partial charge in [0.05, 0.1) is 25.0 Å². The number of pyridine rings is 1. The molecule has 1 aromatic heterocycles. The molecule has 2 aromatic carbocycles. The number of benzene rings is 2. The van der Waals surface area contributed by atoms with Crippen molar-refractivity contribution in [3.8, 4) is 11.5 Å². The van der Waals surface area contributed by atoms with Crippen molar-refractivity contribution in [3.63, 3.8) is 0 Å². The van der Waals surface area contributed by atoms with Crippen LogP contribution >= 0.6 is 0 Å². The van der Waals surface area contributed by atoms with Crippen LogP contribution in [0.15, 0.2) is 67.4 Å². The lowest BCUT2D eigenvalue weighted by Gasteiger charge is -2.17. The van der Waals surface area contributed by atoms with Gasteiger partial charge in [0, 0.05) is 18.2 Å². The quantitative estimate of drug-likeness (QED) is 0.502. The van der Waals surface area contributed by atoms with Gasteiger partial charge in [-0.3, -0.25) is 4.98 Å². The van der Waals surface area contributed by atoms with Gasteiger partial charge in [-0.05, 0) is 48.6 Å². The van der Waals surface area contributed by atoms with Crippen molar-refractivity contribution in [2.45, 2.75) is 20.3 Å². The highest BCUT2D eigenvalue weighted by Crippen LogP contribution is 2.31. The maximum absolute atomic E-state index is 7.00. The van der Waals surface area contributed by atoms with Gasteiger partial charge in [0.2, 0.25) is 0 Å². The Bertz CT molecular complexity index is 1010. The van der Waals surface area contributed by atoms with E-state index in [1.165, 1.54) is 0 Å². The normalized spacial score (nSPS) is 10.0. The number of aromatic nitrogens is 1. The second-order valence-electron chi connectivity index (χ2n) is 6.58. The van der Waals surface area contributed by atoms with Gasteiger partial charge in [-0.15, -0.1) is 0 Å². The van der Waals surface area contributed by atoms with Crippen LogP contribution in [0.1, 0.15) is 23.9 Å². The molecule has 0 aliphatic carbocycles. The molecule has 0 unspecified atom stereocenters. The van der Waals surface area contributed by atoms with Crippen molar-refractivity contribution < 1.29 is 14.6 Å². The molecular formula is C25H30N2O3. The fourth-order valence-corrected chi connectivity index (χ4v) is 3.11. The Kier molecular flexibility index (Phi) is 8.44. The fraction of sp³-hybridized carbons (Fsp3) is 0.240. The molecule has 3 rings (SSSR count). The number of nitrogens with one attached hydrogen (secondary N) is 1. The molecule has 0 atom stereocenters. The van der Waals surface area contributed by atoms with Crippen molar-refractivity contribution >= 4 is 16.5 Å². The smallest absolute Gasteiger partial charge is 0.128 e. The van der Waals surface area contributed by atoms with Crippen LogP contribution in [0.2, 0.25) is 0 Å². The lowest BCUT2D eigenvalue weighted by atomic mass is 10.00. The van der Waals surface area contributed by atoms with Crippen LogP contribution in [0.25, 0.3) is 16.5 Å². The van der Waals surface area contributed by atoms with E-state index in [0.717, 1.165) is 58.5 Å². The second-order valence-corrected chi connectivity index (χ2v) is 6.58. The number of fused-ring (bicyclic) bond motifs is 1. The van der Waals surface area contributed by atoms with Crippen LogP contribution in [0.5, 0.6) is 11.5 Å². The molecule has 0 aliphatic rings. The molecule has 0 spiro atoms. The van der Waals surface area contributed by atoms with Crippen LogP contribution in [-0.2, 0) is 11.2 Å². The first kappa shape index (κ1) is 23.0. The molecule has 3 aromatic rings. The van der Waals surface area contributed by atoms with E-state index in [1.807, 2.05) is 36.4 Å². The molecule has 2 N–H and O–H groups in total. The topological polar surface area (TPSA) is 63.6 Å². The number of aliphatic hydroxyl groups excluding tert-OH is 1. The minimum absolute atomic E-state index is 0.500. The third-order valence-electron chi connectivity index (χ3n) is 4.70. The van der Waals surface area contributed by atoms with E-state index in [0.29, 0.717) is 12.3 Å². The van der Waals surface area contributed by atoms with Crippen molar-refractivity contribution in [1.29, 1.82) is 0 Å². The number of aryl methyl sites for hydroxylation is 2. The first-order valence-electron chi connectivity index (χ1n) is 9.79. The van der Waals surface area contributed by atoms with Gasteiger partial charge < -0.3 is 19.9 Å². The minimum Gasteiger partial charge on any atom is -0.500 e.